The Labute approximate surface area is 125 Å². The SMILES string of the molecule is COC(C)CNS(=O)(=O)c1c(C)csc1CNC(C)C. The van der Waals surface area contributed by atoms with E-state index < -0.39 is 10.0 Å². The third-order valence-electron chi connectivity index (χ3n) is 2.89. The van der Waals surface area contributed by atoms with Crippen LogP contribution >= 0.6 is 11.3 Å². The van der Waals surface area contributed by atoms with Crippen molar-refractivity contribution in [2.45, 2.75) is 51.3 Å². The summed E-state index contributed by atoms with van der Waals surface area (Å²) in [4.78, 5) is 1.24. The normalized spacial score (nSPS) is 13.9. The van der Waals surface area contributed by atoms with Crippen LogP contribution in [0, 0.1) is 6.92 Å². The van der Waals surface area contributed by atoms with Gasteiger partial charge in [0.05, 0.1) is 6.10 Å². The molecular weight excluding hydrogens is 296 g/mol. The van der Waals surface area contributed by atoms with Gasteiger partial charge in [0, 0.05) is 31.1 Å². The highest BCUT2D eigenvalue weighted by atomic mass is 32.2. The van der Waals surface area contributed by atoms with Gasteiger partial charge in [0.25, 0.3) is 0 Å². The second kappa shape index (κ2) is 7.51. The summed E-state index contributed by atoms with van der Waals surface area (Å²) in [6.07, 6.45) is -0.152. The summed E-state index contributed by atoms with van der Waals surface area (Å²) < 4.78 is 32.5. The molecule has 0 aliphatic heterocycles. The van der Waals surface area contributed by atoms with E-state index in [0.717, 1.165) is 10.4 Å². The van der Waals surface area contributed by atoms with Crippen molar-refractivity contribution < 1.29 is 13.2 Å². The van der Waals surface area contributed by atoms with Crippen LogP contribution in [0.2, 0.25) is 0 Å². The highest BCUT2D eigenvalue weighted by molar-refractivity contribution is 7.89. The Kier molecular flexibility index (Phi) is 6.60. The molecule has 1 heterocycles. The van der Waals surface area contributed by atoms with Crippen molar-refractivity contribution in [1.29, 1.82) is 0 Å². The second-order valence-electron chi connectivity index (χ2n) is 5.10. The van der Waals surface area contributed by atoms with E-state index in [-0.39, 0.29) is 12.6 Å². The molecule has 0 bridgehead atoms. The summed E-state index contributed by atoms with van der Waals surface area (Å²) in [5.74, 6) is 0. The quantitative estimate of drug-likeness (QED) is 0.767. The third kappa shape index (κ3) is 4.82. The van der Waals surface area contributed by atoms with Gasteiger partial charge in [-0.05, 0) is 24.8 Å². The molecular formula is C13H24N2O3S2. The van der Waals surface area contributed by atoms with Crippen LogP contribution in [0.5, 0.6) is 0 Å². The lowest BCUT2D eigenvalue weighted by molar-refractivity contribution is 0.122. The first-order chi connectivity index (χ1) is 9.27. The standard InChI is InChI=1S/C13H24N2O3S2/c1-9(2)14-7-12-13(10(3)8-19-12)20(16,17)15-6-11(4)18-5/h8-9,11,14-15H,6-7H2,1-5H3. The van der Waals surface area contributed by atoms with Gasteiger partial charge < -0.3 is 10.1 Å². The van der Waals surface area contributed by atoms with Crippen molar-refractivity contribution in [2.75, 3.05) is 13.7 Å². The van der Waals surface area contributed by atoms with Gasteiger partial charge in [-0.3, -0.25) is 0 Å². The number of sulfonamides is 1. The van der Waals surface area contributed by atoms with Crippen LogP contribution < -0.4 is 10.0 Å². The number of thiophene rings is 1. The van der Waals surface area contributed by atoms with E-state index in [4.69, 9.17) is 4.74 Å². The fourth-order valence-corrected chi connectivity index (χ4v) is 4.52. The molecule has 20 heavy (non-hydrogen) atoms. The lowest BCUT2D eigenvalue weighted by atomic mass is 10.3. The van der Waals surface area contributed by atoms with Crippen molar-refractivity contribution in [2.24, 2.45) is 0 Å². The van der Waals surface area contributed by atoms with Gasteiger partial charge in [0.15, 0.2) is 0 Å². The van der Waals surface area contributed by atoms with Crippen LogP contribution in [0.15, 0.2) is 10.3 Å². The summed E-state index contributed by atoms with van der Waals surface area (Å²) in [5.41, 5.74) is 0.785. The molecule has 0 amide bonds. The predicted molar refractivity (Wildman–Crippen MR) is 82.7 cm³/mol. The average molecular weight is 320 g/mol. The number of rotatable bonds is 8. The summed E-state index contributed by atoms with van der Waals surface area (Å²) in [7, 11) is -1.93. The van der Waals surface area contributed by atoms with Gasteiger partial charge >= 0.3 is 0 Å². The third-order valence-corrected chi connectivity index (χ3v) is 5.78. The minimum atomic E-state index is -3.49. The van der Waals surface area contributed by atoms with Crippen molar-refractivity contribution in [3.05, 3.63) is 15.8 Å². The van der Waals surface area contributed by atoms with E-state index >= 15 is 0 Å². The Balaban J connectivity index is 2.90. The van der Waals surface area contributed by atoms with Crippen LogP contribution in [0.4, 0.5) is 0 Å². The zero-order valence-electron chi connectivity index (χ0n) is 12.7. The van der Waals surface area contributed by atoms with Crippen molar-refractivity contribution in [3.8, 4) is 0 Å². The summed E-state index contributed by atoms with van der Waals surface area (Å²) in [6, 6.07) is 0.314. The molecule has 1 aromatic heterocycles. The fraction of sp³-hybridized carbons (Fsp3) is 0.692. The van der Waals surface area contributed by atoms with E-state index in [0.29, 0.717) is 17.5 Å². The van der Waals surface area contributed by atoms with Gasteiger partial charge in [-0.25, -0.2) is 13.1 Å². The summed E-state index contributed by atoms with van der Waals surface area (Å²) >= 11 is 1.47. The van der Waals surface area contributed by atoms with E-state index in [9.17, 15) is 8.42 Å². The molecule has 0 aromatic carbocycles. The van der Waals surface area contributed by atoms with Crippen molar-refractivity contribution >= 4 is 21.4 Å². The van der Waals surface area contributed by atoms with Crippen LogP contribution in [0.3, 0.4) is 0 Å². The minimum Gasteiger partial charge on any atom is -0.380 e. The zero-order chi connectivity index (χ0) is 15.3. The number of hydrogen-bond donors (Lipinski definition) is 2. The highest BCUT2D eigenvalue weighted by Crippen LogP contribution is 2.26. The first-order valence-electron chi connectivity index (χ1n) is 6.60. The monoisotopic (exact) mass is 320 g/mol. The van der Waals surface area contributed by atoms with Gasteiger partial charge in [-0.1, -0.05) is 13.8 Å². The molecule has 1 aromatic rings. The Morgan fingerprint density at radius 2 is 2.00 bits per heavy atom. The predicted octanol–water partition coefficient (Wildman–Crippen LogP) is 1.87. The average Bonchev–Trinajstić information content (AvgIpc) is 2.75. The molecule has 0 aliphatic rings. The minimum absolute atomic E-state index is 0.152. The Morgan fingerprint density at radius 3 is 2.55 bits per heavy atom. The molecule has 2 N–H and O–H groups in total. The maximum atomic E-state index is 12.4. The second-order valence-corrected chi connectivity index (χ2v) is 7.77. The van der Waals surface area contributed by atoms with E-state index in [1.807, 2.05) is 33.1 Å². The molecule has 0 aliphatic carbocycles. The maximum absolute atomic E-state index is 12.4. The van der Waals surface area contributed by atoms with Crippen molar-refractivity contribution in [1.82, 2.24) is 10.0 Å². The maximum Gasteiger partial charge on any atom is 0.242 e. The topological polar surface area (TPSA) is 67.4 Å². The zero-order valence-corrected chi connectivity index (χ0v) is 14.3. The van der Waals surface area contributed by atoms with E-state index in [2.05, 4.69) is 10.0 Å². The van der Waals surface area contributed by atoms with Crippen LogP contribution in [-0.4, -0.2) is 34.2 Å². The molecule has 1 rings (SSSR count). The smallest absolute Gasteiger partial charge is 0.242 e. The Morgan fingerprint density at radius 1 is 1.35 bits per heavy atom. The number of aryl methyl sites for hydroxylation is 1. The number of methoxy groups -OCH3 is 1. The van der Waals surface area contributed by atoms with Crippen LogP contribution in [-0.2, 0) is 21.3 Å². The molecule has 0 radical (unpaired) electrons. The summed E-state index contributed by atoms with van der Waals surface area (Å²) in [5, 5.41) is 5.14. The molecule has 0 saturated heterocycles. The molecule has 1 unspecified atom stereocenters. The molecule has 116 valence electrons. The van der Waals surface area contributed by atoms with Gasteiger partial charge in [-0.15, -0.1) is 11.3 Å². The first kappa shape index (κ1) is 17.6. The number of ether oxygens (including phenoxy) is 1. The number of hydrogen-bond acceptors (Lipinski definition) is 5. The number of nitrogens with one attached hydrogen (secondary N) is 2. The molecule has 1 atom stereocenters. The molecule has 0 fully saturated rings. The van der Waals surface area contributed by atoms with E-state index in [1.165, 1.54) is 11.3 Å². The fourth-order valence-electron chi connectivity index (χ4n) is 1.65. The lowest BCUT2D eigenvalue weighted by Gasteiger charge is -2.13. The largest absolute Gasteiger partial charge is 0.380 e. The Hall–Kier alpha value is -0.470. The summed E-state index contributed by atoms with van der Waals surface area (Å²) in [6.45, 7) is 8.55. The molecule has 7 heteroatoms. The first-order valence-corrected chi connectivity index (χ1v) is 8.97. The highest BCUT2D eigenvalue weighted by Gasteiger charge is 2.23. The van der Waals surface area contributed by atoms with Crippen LogP contribution in [0.25, 0.3) is 0 Å². The molecule has 0 saturated carbocycles. The van der Waals surface area contributed by atoms with Gasteiger partial charge in [-0.2, -0.15) is 0 Å². The molecule has 5 nitrogen and oxygen atoms in total. The van der Waals surface area contributed by atoms with E-state index in [1.54, 1.807) is 7.11 Å². The Bertz CT molecular complexity index is 524. The lowest BCUT2D eigenvalue weighted by Crippen LogP contribution is -2.32. The van der Waals surface area contributed by atoms with Crippen molar-refractivity contribution in [3.63, 3.8) is 0 Å². The van der Waals surface area contributed by atoms with Crippen LogP contribution in [0.1, 0.15) is 31.2 Å². The van der Waals surface area contributed by atoms with Gasteiger partial charge in [0.2, 0.25) is 10.0 Å². The van der Waals surface area contributed by atoms with Gasteiger partial charge in [0.1, 0.15) is 4.90 Å². The molecule has 0 spiro atoms.